The van der Waals surface area contributed by atoms with E-state index in [0.717, 1.165) is 6.42 Å². The number of aliphatic hydroxyl groups excluding tert-OH is 3. The molecule has 4 N–H and O–H groups in total. The van der Waals surface area contributed by atoms with E-state index in [2.05, 4.69) is 26.8 Å². The summed E-state index contributed by atoms with van der Waals surface area (Å²) in [5.41, 5.74) is 1.23. The lowest BCUT2D eigenvalue weighted by Gasteiger charge is -2.56. The first kappa shape index (κ1) is 43.8. The molecule has 50 heavy (non-hydrogen) atoms. The molecule has 2 saturated heterocycles. The minimum absolute atomic E-state index is 0.0174. The molecule has 9 nitrogen and oxygen atoms in total. The Morgan fingerprint density at radius 2 is 1.40 bits per heavy atom. The Morgan fingerprint density at radius 3 is 1.94 bits per heavy atom. The van der Waals surface area contributed by atoms with E-state index in [4.69, 9.17) is 24.1 Å². The fourth-order valence-electron chi connectivity index (χ4n) is 7.42. The fourth-order valence-corrected chi connectivity index (χ4v) is 7.42. The van der Waals surface area contributed by atoms with Gasteiger partial charge in [0.05, 0.1) is 43.0 Å². The number of allylic oxidation sites excluding steroid dienone is 10. The second-order valence-electron chi connectivity index (χ2n) is 14.7. The van der Waals surface area contributed by atoms with Gasteiger partial charge in [-0.15, -0.1) is 0 Å². The molecule has 0 unspecified atom stereocenters. The molecule has 0 amide bonds. The maximum absolute atomic E-state index is 11.5. The zero-order chi connectivity index (χ0) is 37.6. The molecule has 2 aliphatic rings. The first-order valence-electron chi connectivity index (χ1n) is 18.3. The Bertz CT molecular complexity index is 1200. The molecule has 14 atom stereocenters. The van der Waals surface area contributed by atoms with Gasteiger partial charge in [-0.3, -0.25) is 4.79 Å². The second kappa shape index (κ2) is 21.2. The molecule has 2 heterocycles. The lowest BCUT2D eigenvalue weighted by molar-refractivity contribution is -0.391. The SMILES string of the molecule is C/C=C(\C)C[C@H](C)[C@H](O)[C@@H](C)[C@H]1O[C@@]2(C[C@@H](OC)[C@H]1C)O[C@H]([C@@H](C)[C@@H](O)[C@@H](C)\C=C/C=C/C=C/C=C/C=C/[C@H](CC(=O)O)OC)[C@@H](C)C[C@@H]2O. The van der Waals surface area contributed by atoms with Gasteiger partial charge in [0.15, 0.2) is 5.79 Å². The zero-order valence-corrected chi connectivity index (χ0v) is 32.0. The number of carboxylic acids is 1. The molecular formula is C41H66O9. The molecule has 0 saturated carbocycles. The molecule has 284 valence electrons. The summed E-state index contributed by atoms with van der Waals surface area (Å²) in [5, 5.41) is 43.3. The molecule has 2 aliphatic heterocycles. The van der Waals surface area contributed by atoms with E-state index >= 15 is 0 Å². The quantitative estimate of drug-likeness (QED) is 0.0899. The van der Waals surface area contributed by atoms with Gasteiger partial charge < -0.3 is 39.4 Å². The minimum Gasteiger partial charge on any atom is -0.481 e. The van der Waals surface area contributed by atoms with E-state index in [9.17, 15) is 20.1 Å². The van der Waals surface area contributed by atoms with Crippen LogP contribution in [0.15, 0.2) is 72.4 Å². The lowest BCUT2D eigenvalue weighted by atomic mass is 9.74. The van der Waals surface area contributed by atoms with Gasteiger partial charge in [-0.05, 0) is 38.5 Å². The predicted molar refractivity (Wildman–Crippen MR) is 198 cm³/mol. The van der Waals surface area contributed by atoms with Gasteiger partial charge in [0, 0.05) is 44.3 Å². The standard InChI is InChI=1S/C41H66O9/c1-11-26(2)22-28(4)38(46)32(8)40-30(6)34(48-10)25-41(50-40)35(42)23-29(5)39(49-41)31(7)37(45)27(3)20-18-16-14-12-13-15-17-19-21-33(47-9)24-36(43)44/h11-21,27-35,37-40,42,45-46H,22-25H2,1-10H3,(H,43,44)/b13-12+,16-14+,17-15+,20-18-,21-19+,26-11+/t27-,28-,29-,30+,31-,32+,33+,34+,35-,37-,38-,39-,40-,41+/m0/s1. The van der Waals surface area contributed by atoms with Crippen molar-refractivity contribution in [2.24, 2.45) is 35.5 Å². The first-order chi connectivity index (χ1) is 23.6. The first-order valence-corrected chi connectivity index (χ1v) is 18.3. The summed E-state index contributed by atoms with van der Waals surface area (Å²) < 4.78 is 24.6. The predicted octanol–water partition coefficient (Wildman–Crippen LogP) is 6.80. The fraction of sp³-hybridized carbons (Fsp3) is 0.683. The molecule has 1 spiro atoms. The highest BCUT2D eigenvalue weighted by Gasteiger charge is 2.57. The topological polar surface area (TPSA) is 135 Å². The monoisotopic (exact) mass is 702 g/mol. The summed E-state index contributed by atoms with van der Waals surface area (Å²) in [4.78, 5) is 10.8. The van der Waals surface area contributed by atoms with Crippen molar-refractivity contribution in [3.8, 4) is 0 Å². The summed E-state index contributed by atoms with van der Waals surface area (Å²) >= 11 is 0. The number of rotatable bonds is 18. The highest BCUT2D eigenvalue weighted by atomic mass is 16.7. The van der Waals surface area contributed by atoms with E-state index in [0.29, 0.717) is 12.8 Å². The Hall–Kier alpha value is -2.37. The largest absolute Gasteiger partial charge is 0.481 e. The van der Waals surface area contributed by atoms with Crippen LogP contribution >= 0.6 is 0 Å². The number of hydrogen-bond acceptors (Lipinski definition) is 8. The van der Waals surface area contributed by atoms with Gasteiger partial charge in [-0.1, -0.05) is 114 Å². The van der Waals surface area contributed by atoms with E-state index in [1.54, 1.807) is 25.3 Å². The van der Waals surface area contributed by atoms with Crippen molar-refractivity contribution in [2.75, 3.05) is 14.2 Å². The third kappa shape index (κ3) is 12.4. The molecule has 0 bridgehead atoms. The average molecular weight is 703 g/mol. The van der Waals surface area contributed by atoms with Crippen molar-refractivity contribution in [2.45, 2.75) is 130 Å². The third-order valence-corrected chi connectivity index (χ3v) is 10.8. The molecule has 0 aromatic rings. The number of hydrogen-bond donors (Lipinski definition) is 4. The summed E-state index contributed by atoms with van der Waals surface area (Å²) in [6, 6.07) is 0. The summed E-state index contributed by atoms with van der Waals surface area (Å²) in [6.07, 6.45) is 18.4. The number of methoxy groups -OCH3 is 2. The molecule has 0 aliphatic carbocycles. The van der Waals surface area contributed by atoms with Crippen LogP contribution < -0.4 is 0 Å². The Morgan fingerprint density at radius 1 is 0.860 bits per heavy atom. The van der Waals surface area contributed by atoms with Gasteiger partial charge in [0.1, 0.15) is 6.10 Å². The van der Waals surface area contributed by atoms with Crippen LogP contribution in [0, 0.1) is 35.5 Å². The van der Waals surface area contributed by atoms with Crippen molar-refractivity contribution < 1.29 is 44.2 Å². The van der Waals surface area contributed by atoms with E-state index < -0.39 is 42.3 Å². The normalized spacial score (nSPS) is 32.7. The van der Waals surface area contributed by atoms with Crippen LogP contribution in [0.25, 0.3) is 0 Å². The maximum Gasteiger partial charge on any atom is 0.306 e. The average Bonchev–Trinajstić information content (AvgIpc) is 3.09. The number of aliphatic carboxylic acids is 1. The van der Waals surface area contributed by atoms with E-state index in [-0.39, 0.29) is 54.1 Å². The Kier molecular flexibility index (Phi) is 18.6. The highest BCUT2D eigenvalue weighted by Crippen LogP contribution is 2.47. The molecule has 0 aromatic heterocycles. The van der Waals surface area contributed by atoms with Crippen LogP contribution in [0.2, 0.25) is 0 Å². The minimum atomic E-state index is -1.30. The molecule has 2 rings (SSSR count). The summed E-state index contributed by atoms with van der Waals surface area (Å²) in [6.45, 7) is 16.2. The highest BCUT2D eigenvalue weighted by molar-refractivity contribution is 5.67. The van der Waals surface area contributed by atoms with Gasteiger partial charge in [0.25, 0.3) is 0 Å². The third-order valence-electron chi connectivity index (χ3n) is 10.8. The lowest BCUT2D eigenvalue weighted by Crippen LogP contribution is -2.65. The smallest absolute Gasteiger partial charge is 0.306 e. The van der Waals surface area contributed by atoms with Crippen LogP contribution in [-0.2, 0) is 23.7 Å². The molecular weight excluding hydrogens is 636 g/mol. The number of ether oxygens (including phenoxy) is 4. The van der Waals surface area contributed by atoms with Crippen molar-refractivity contribution >= 4 is 5.97 Å². The van der Waals surface area contributed by atoms with Crippen molar-refractivity contribution in [3.63, 3.8) is 0 Å². The van der Waals surface area contributed by atoms with Crippen molar-refractivity contribution in [1.82, 2.24) is 0 Å². The molecule has 0 radical (unpaired) electrons. The van der Waals surface area contributed by atoms with Crippen molar-refractivity contribution in [3.05, 3.63) is 72.4 Å². The van der Waals surface area contributed by atoms with Gasteiger partial charge in [0.2, 0.25) is 0 Å². The van der Waals surface area contributed by atoms with E-state index in [1.165, 1.54) is 12.7 Å². The van der Waals surface area contributed by atoms with E-state index in [1.807, 2.05) is 77.2 Å². The molecule has 2 fully saturated rings. The summed E-state index contributed by atoms with van der Waals surface area (Å²) in [5.74, 6) is -2.87. The molecule has 9 heteroatoms. The second-order valence-corrected chi connectivity index (χ2v) is 14.7. The van der Waals surface area contributed by atoms with Gasteiger partial charge in [-0.2, -0.15) is 0 Å². The number of carbonyl (C=O) groups is 1. The number of carboxylic acid groups (broad SMARTS) is 1. The maximum atomic E-state index is 11.5. The van der Waals surface area contributed by atoms with Gasteiger partial charge >= 0.3 is 5.97 Å². The Labute approximate surface area is 301 Å². The zero-order valence-electron chi connectivity index (χ0n) is 32.0. The van der Waals surface area contributed by atoms with Gasteiger partial charge in [-0.25, -0.2) is 0 Å². The van der Waals surface area contributed by atoms with Crippen LogP contribution in [0.5, 0.6) is 0 Å². The molecule has 0 aromatic carbocycles. The number of aliphatic hydroxyl groups is 3. The van der Waals surface area contributed by atoms with Crippen LogP contribution in [0.1, 0.15) is 81.1 Å². The Balaban J connectivity index is 2.10. The van der Waals surface area contributed by atoms with Crippen molar-refractivity contribution in [1.29, 1.82) is 0 Å². The van der Waals surface area contributed by atoms with Crippen LogP contribution in [-0.4, -0.2) is 89.1 Å². The van der Waals surface area contributed by atoms with Crippen LogP contribution in [0.4, 0.5) is 0 Å². The van der Waals surface area contributed by atoms with Crippen LogP contribution in [0.3, 0.4) is 0 Å². The summed E-state index contributed by atoms with van der Waals surface area (Å²) in [7, 11) is 3.16.